The van der Waals surface area contributed by atoms with Crippen LogP contribution in [0.2, 0.25) is 0 Å². The van der Waals surface area contributed by atoms with E-state index in [1.54, 1.807) is 37.3 Å². The molecule has 0 unspecified atom stereocenters. The first-order valence-corrected chi connectivity index (χ1v) is 11.6. The number of benzene rings is 2. The molecular weight excluding hydrogens is 420 g/mol. The molecule has 31 heavy (non-hydrogen) atoms. The highest BCUT2D eigenvalue weighted by Crippen LogP contribution is 2.24. The highest BCUT2D eigenvalue weighted by molar-refractivity contribution is 7.89. The van der Waals surface area contributed by atoms with Crippen LogP contribution in [0.25, 0.3) is 0 Å². The zero-order valence-electron chi connectivity index (χ0n) is 17.3. The maximum atomic E-state index is 12.9. The monoisotopic (exact) mass is 446 g/mol. The number of anilines is 2. The lowest BCUT2D eigenvalue weighted by molar-refractivity contribution is -0.385. The maximum Gasteiger partial charge on any atom is 0.274 e. The Morgan fingerprint density at radius 2 is 1.77 bits per heavy atom. The zero-order chi connectivity index (χ0) is 22.4. The lowest BCUT2D eigenvalue weighted by Crippen LogP contribution is -2.32. The van der Waals surface area contributed by atoms with E-state index in [1.807, 2.05) is 0 Å². The van der Waals surface area contributed by atoms with Crippen LogP contribution in [-0.4, -0.2) is 43.2 Å². The standard InChI is InChI=1S/C21H26N4O5S/c1-16-9-10-18(14-20(16)25(27)28)23-21(26)15-22-17-7-6-8-19(13-17)31(29,30)24-11-4-2-3-5-12-24/h6-10,13-14,22H,2-5,11-12,15H2,1H3,(H,23,26). The molecule has 0 atom stereocenters. The van der Waals surface area contributed by atoms with E-state index in [4.69, 9.17) is 0 Å². The molecule has 1 aliphatic heterocycles. The smallest absolute Gasteiger partial charge is 0.274 e. The summed E-state index contributed by atoms with van der Waals surface area (Å²) in [4.78, 5) is 23.0. The van der Waals surface area contributed by atoms with Gasteiger partial charge in [0.1, 0.15) is 0 Å². The minimum absolute atomic E-state index is 0.0721. The molecule has 2 aromatic rings. The Labute approximate surface area is 181 Å². The van der Waals surface area contributed by atoms with Crippen molar-refractivity contribution in [2.24, 2.45) is 0 Å². The molecule has 1 saturated heterocycles. The second-order valence-electron chi connectivity index (χ2n) is 7.51. The molecule has 0 aliphatic carbocycles. The van der Waals surface area contributed by atoms with Crippen LogP contribution in [0.1, 0.15) is 31.2 Å². The van der Waals surface area contributed by atoms with Gasteiger partial charge >= 0.3 is 0 Å². The molecule has 0 radical (unpaired) electrons. The number of carbonyl (C=O) groups is 1. The van der Waals surface area contributed by atoms with Crippen LogP contribution in [0.5, 0.6) is 0 Å². The quantitative estimate of drug-likeness (QED) is 0.496. The largest absolute Gasteiger partial charge is 0.376 e. The number of hydrogen-bond acceptors (Lipinski definition) is 6. The van der Waals surface area contributed by atoms with Gasteiger partial charge < -0.3 is 10.6 Å². The van der Waals surface area contributed by atoms with Crippen LogP contribution in [0.4, 0.5) is 17.1 Å². The molecule has 9 nitrogen and oxygen atoms in total. The number of aryl methyl sites for hydroxylation is 1. The van der Waals surface area contributed by atoms with Crippen LogP contribution in [0.3, 0.4) is 0 Å². The number of nitrogens with zero attached hydrogens (tertiary/aromatic N) is 2. The van der Waals surface area contributed by atoms with E-state index >= 15 is 0 Å². The van der Waals surface area contributed by atoms with Crippen molar-refractivity contribution < 1.29 is 18.1 Å². The fourth-order valence-electron chi connectivity index (χ4n) is 3.47. The van der Waals surface area contributed by atoms with Crippen molar-refractivity contribution in [3.05, 3.63) is 58.1 Å². The molecular formula is C21H26N4O5S. The van der Waals surface area contributed by atoms with E-state index in [1.165, 1.54) is 16.4 Å². The normalized spacial score (nSPS) is 15.1. The summed E-state index contributed by atoms with van der Waals surface area (Å²) in [5, 5.41) is 16.6. The Balaban J connectivity index is 1.64. The molecule has 10 heteroatoms. The second-order valence-corrected chi connectivity index (χ2v) is 9.44. The minimum atomic E-state index is -3.58. The van der Waals surface area contributed by atoms with Gasteiger partial charge in [-0.2, -0.15) is 4.31 Å². The van der Waals surface area contributed by atoms with Crippen LogP contribution < -0.4 is 10.6 Å². The minimum Gasteiger partial charge on any atom is -0.376 e. The molecule has 0 spiro atoms. The van der Waals surface area contributed by atoms with Crippen molar-refractivity contribution in [1.82, 2.24) is 4.31 Å². The topological polar surface area (TPSA) is 122 Å². The summed E-state index contributed by atoms with van der Waals surface area (Å²) >= 11 is 0. The van der Waals surface area contributed by atoms with Crippen LogP contribution in [0, 0.1) is 17.0 Å². The lowest BCUT2D eigenvalue weighted by Gasteiger charge is -2.20. The third kappa shape index (κ3) is 5.80. The van der Waals surface area contributed by atoms with Crippen molar-refractivity contribution in [3.8, 4) is 0 Å². The molecule has 0 bridgehead atoms. The van der Waals surface area contributed by atoms with E-state index in [0.29, 0.717) is 30.0 Å². The Kier molecular flexibility index (Phi) is 7.24. The van der Waals surface area contributed by atoms with Crippen molar-refractivity contribution in [2.45, 2.75) is 37.5 Å². The van der Waals surface area contributed by atoms with Crippen LogP contribution in [-0.2, 0) is 14.8 Å². The number of carbonyl (C=O) groups excluding carboxylic acids is 1. The number of nitrogens with one attached hydrogen (secondary N) is 2. The average Bonchev–Trinajstić information content (AvgIpc) is 3.04. The Morgan fingerprint density at radius 3 is 2.45 bits per heavy atom. The van der Waals surface area contributed by atoms with Gasteiger partial charge in [0.2, 0.25) is 15.9 Å². The summed E-state index contributed by atoms with van der Waals surface area (Å²) in [5.74, 6) is -0.404. The van der Waals surface area contributed by atoms with Gasteiger partial charge in [-0.3, -0.25) is 14.9 Å². The van der Waals surface area contributed by atoms with Gasteiger partial charge in [0, 0.05) is 36.1 Å². The van der Waals surface area contributed by atoms with Crippen molar-refractivity contribution in [1.29, 1.82) is 0 Å². The van der Waals surface area contributed by atoms with Crippen molar-refractivity contribution in [3.63, 3.8) is 0 Å². The van der Waals surface area contributed by atoms with E-state index in [2.05, 4.69) is 10.6 Å². The second kappa shape index (κ2) is 9.88. The van der Waals surface area contributed by atoms with E-state index < -0.39 is 20.9 Å². The molecule has 0 saturated carbocycles. The molecule has 0 aromatic heterocycles. The van der Waals surface area contributed by atoms with E-state index in [9.17, 15) is 23.3 Å². The Morgan fingerprint density at radius 1 is 1.06 bits per heavy atom. The molecule has 3 rings (SSSR count). The van der Waals surface area contributed by atoms with Crippen molar-refractivity contribution in [2.75, 3.05) is 30.3 Å². The fourth-order valence-corrected chi connectivity index (χ4v) is 5.03. The molecule has 1 amide bonds. The average molecular weight is 447 g/mol. The lowest BCUT2D eigenvalue weighted by atomic mass is 10.2. The first-order chi connectivity index (χ1) is 14.8. The number of nitro groups is 1. The number of nitro benzene ring substituents is 1. The highest BCUT2D eigenvalue weighted by atomic mass is 32.2. The van der Waals surface area contributed by atoms with Crippen LogP contribution in [0.15, 0.2) is 47.4 Å². The molecule has 1 fully saturated rings. The van der Waals surface area contributed by atoms with Gasteiger partial charge in [-0.25, -0.2) is 8.42 Å². The van der Waals surface area contributed by atoms with Gasteiger partial charge in [-0.05, 0) is 44.0 Å². The molecule has 1 heterocycles. The Bertz CT molecular complexity index is 1060. The Hall–Kier alpha value is -2.98. The highest BCUT2D eigenvalue weighted by Gasteiger charge is 2.25. The summed E-state index contributed by atoms with van der Waals surface area (Å²) in [6.07, 6.45) is 3.78. The SMILES string of the molecule is Cc1ccc(NC(=O)CNc2cccc(S(=O)(=O)N3CCCCCC3)c2)cc1[N+](=O)[O-]. The predicted octanol–water partition coefficient (Wildman–Crippen LogP) is 3.52. The maximum absolute atomic E-state index is 12.9. The van der Waals surface area contributed by atoms with Gasteiger partial charge in [0.25, 0.3) is 5.69 Å². The van der Waals surface area contributed by atoms with E-state index in [-0.39, 0.29) is 17.1 Å². The summed E-state index contributed by atoms with van der Waals surface area (Å²) in [6, 6.07) is 10.9. The van der Waals surface area contributed by atoms with E-state index in [0.717, 1.165) is 25.7 Å². The summed E-state index contributed by atoms with van der Waals surface area (Å²) in [7, 11) is -3.58. The number of rotatable bonds is 7. The predicted molar refractivity (Wildman–Crippen MR) is 119 cm³/mol. The fraction of sp³-hybridized carbons (Fsp3) is 0.381. The molecule has 2 aromatic carbocycles. The summed E-state index contributed by atoms with van der Waals surface area (Å²) in [6.45, 7) is 2.54. The number of sulfonamides is 1. The third-order valence-corrected chi connectivity index (χ3v) is 7.07. The van der Waals surface area contributed by atoms with Crippen LogP contribution >= 0.6 is 0 Å². The third-order valence-electron chi connectivity index (χ3n) is 5.18. The van der Waals surface area contributed by atoms with Crippen molar-refractivity contribution >= 4 is 33.0 Å². The zero-order valence-corrected chi connectivity index (χ0v) is 18.2. The molecule has 2 N–H and O–H groups in total. The summed E-state index contributed by atoms with van der Waals surface area (Å²) in [5.41, 5.74) is 1.25. The first-order valence-electron chi connectivity index (χ1n) is 10.2. The molecule has 166 valence electrons. The number of amides is 1. The van der Waals surface area contributed by atoms with Gasteiger partial charge in [-0.1, -0.05) is 25.0 Å². The van der Waals surface area contributed by atoms with Gasteiger partial charge in [0.05, 0.1) is 16.4 Å². The number of hydrogen-bond donors (Lipinski definition) is 2. The van der Waals surface area contributed by atoms with Gasteiger partial charge in [0.15, 0.2) is 0 Å². The summed E-state index contributed by atoms with van der Waals surface area (Å²) < 4.78 is 27.4. The van der Waals surface area contributed by atoms with Gasteiger partial charge in [-0.15, -0.1) is 0 Å². The first kappa shape index (κ1) is 22.7. The molecule has 1 aliphatic rings.